The molecule has 0 aliphatic rings. The van der Waals surface area contributed by atoms with Crippen LogP contribution in [0.15, 0.2) is 24.7 Å². The number of H-pyrrole nitrogens is 2. The number of hydrogen-bond acceptors (Lipinski definition) is 2. The molecule has 2 aromatic heterocycles. The Morgan fingerprint density at radius 1 is 1.53 bits per heavy atom. The second-order valence-corrected chi connectivity index (χ2v) is 3.26. The maximum Gasteiger partial charge on any atom is 0.303 e. The number of aromatic amines is 2. The van der Waals surface area contributed by atoms with E-state index in [-0.39, 0.29) is 6.42 Å². The highest BCUT2D eigenvalue weighted by atomic mass is 16.4. The van der Waals surface area contributed by atoms with E-state index in [0.29, 0.717) is 6.42 Å². The summed E-state index contributed by atoms with van der Waals surface area (Å²) >= 11 is 0. The molecule has 0 saturated heterocycles. The zero-order valence-corrected chi connectivity index (χ0v) is 8.03. The van der Waals surface area contributed by atoms with Gasteiger partial charge in [0.05, 0.1) is 11.9 Å². The Morgan fingerprint density at radius 3 is 3.07 bits per heavy atom. The molecule has 0 aliphatic heterocycles. The third kappa shape index (κ3) is 2.07. The first kappa shape index (κ1) is 9.51. The second-order valence-electron chi connectivity index (χ2n) is 3.26. The van der Waals surface area contributed by atoms with Gasteiger partial charge >= 0.3 is 5.97 Å². The van der Waals surface area contributed by atoms with Crippen LogP contribution in [0.2, 0.25) is 0 Å². The van der Waals surface area contributed by atoms with E-state index in [1.54, 1.807) is 6.20 Å². The van der Waals surface area contributed by atoms with Crippen molar-refractivity contribution in [3.63, 3.8) is 0 Å². The fourth-order valence-corrected chi connectivity index (χ4v) is 1.47. The molecule has 0 bridgehead atoms. The van der Waals surface area contributed by atoms with Crippen molar-refractivity contribution in [2.75, 3.05) is 0 Å². The van der Waals surface area contributed by atoms with Crippen molar-refractivity contribution in [3.8, 4) is 11.3 Å². The molecular weight excluding hydrogens is 194 g/mol. The number of nitrogens with one attached hydrogen (secondary N) is 2. The summed E-state index contributed by atoms with van der Waals surface area (Å²) in [5.41, 5.74) is 2.81. The van der Waals surface area contributed by atoms with Crippen LogP contribution >= 0.6 is 0 Å². The fraction of sp³-hybridized carbons (Fsp3) is 0.200. The first-order valence-corrected chi connectivity index (χ1v) is 4.64. The van der Waals surface area contributed by atoms with Gasteiger partial charge in [0.25, 0.3) is 0 Å². The summed E-state index contributed by atoms with van der Waals surface area (Å²) in [6.45, 7) is 0. The number of nitrogens with zero attached hydrogens (tertiary/aromatic N) is 1. The van der Waals surface area contributed by atoms with Crippen LogP contribution < -0.4 is 0 Å². The van der Waals surface area contributed by atoms with Gasteiger partial charge in [0, 0.05) is 24.4 Å². The minimum Gasteiger partial charge on any atom is -0.481 e. The lowest BCUT2D eigenvalue weighted by Crippen LogP contribution is -1.97. The van der Waals surface area contributed by atoms with Gasteiger partial charge in [-0.1, -0.05) is 0 Å². The molecule has 2 rings (SSSR count). The van der Waals surface area contributed by atoms with E-state index in [4.69, 9.17) is 5.11 Å². The van der Waals surface area contributed by atoms with Gasteiger partial charge in [0.2, 0.25) is 0 Å². The van der Waals surface area contributed by atoms with Crippen molar-refractivity contribution in [2.45, 2.75) is 12.8 Å². The molecule has 15 heavy (non-hydrogen) atoms. The van der Waals surface area contributed by atoms with E-state index in [1.165, 1.54) is 0 Å². The largest absolute Gasteiger partial charge is 0.481 e. The summed E-state index contributed by atoms with van der Waals surface area (Å²) in [6, 6.07) is 1.91. The Kier molecular flexibility index (Phi) is 2.53. The lowest BCUT2D eigenvalue weighted by atomic mass is 10.1. The van der Waals surface area contributed by atoms with Crippen LogP contribution in [-0.4, -0.2) is 26.3 Å². The summed E-state index contributed by atoms with van der Waals surface area (Å²) < 4.78 is 0. The topological polar surface area (TPSA) is 81.8 Å². The number of aliphatic carboxylic acids is 1. The molecule has 0 amide bonds. The third-order valence-electron chi connectivity index (χ3n) is 2.21. The van der Waals surface area contributed by atoms with Gasteiger partial charge in [0.15, 0.2) is 0 Å². The highest BCUT2D eigenvalue weighted by Gasteiger charge is 2.09. The number of hydrogen-bond donors (Lipinski definition) is 3. The molecule has 0 radical (unpaired) electrons. The molecule has 5 nitrogen and oxygen atoms in total. The summed E-state index contributed by atoms with van der Waals surface area (Å²) in [5.74, 6) is -0.795. The van der Waals surface area contributed by atoms with Gasteiger partial charge in [-0.05, 0) is 18.1 Å². The van der Waals surface area contributed by atoms with Crippen LogP contribution in [0, 0.1) is 0 Å². The van der Waals surface area contributed by atoms with Gasteiger partial charge in [-0.3, -0.25) is 9.89 Å². The van der Waals surface area contributed by atoms with E-state index in [0.717, 1.165) is 16.8 Å². The summed E-state index contributed by atoms with van der Waals surface area (Å²) in [7, 11) is 0. The normalized spacial score (nSPS) is 10.4. The monoisotopic (exact) mass is 205 g/mol. The predicted molar refractivity (Wildman–Crippen MR) is 54.3 cm³/mol. The minimum absolute atomic E-state index is 0.122. The molecule has 78 valence electrons. The van der Waals surface area contributed by atoms with E-state index < -0.39 is 5.97 Å². The highest BCUT2D eigenvalue weighted by molar-refractivity contribution is 5.68. The number of rotatable bonds is 4. The lowest BCUT2D eigenvalue weighted by molar-refractivity contribution is -0.136. The smallest absolute Gasteiger partial charge is 0.303 e. The van der Waals surface area contributed by atoms with Crippen molar-refractivity contribution in [2.24, 2.45) is 0 Å². The summed E-state index contributed by atoms with van der Waals surface area (Å²) in [5, 5.41) is 15.4. The Labute approximate surface area is 86.1 Å². The average molecular weight is 205 g/mol. The molecule has 0 spiro atoms. The maximum absolute atomic E-state index is 10.5. The second kappa shape index (κ2) is 4.00. The van der Waals surface area contributed by atoms with Crippen molar-refractivity contribution >= 4 is 5.97 Å². The minimum atomic E-state index is -0.795. The summed E-state index contributed by atoms with van der Waals surface area (Å²) in [4.78, 5) is 13.4. The van der Waals surface area contributed by atoms with Gasteiger partial charge < -0.3 is 10.1 Å². The molecule has 5 heteroatoms. The van der Waals surface area contributed by atoms with E-state index in [1.807, 2.05) is 18.5 Å². The first-order chi connectivity index (χ1) is 7.27. The number of aromatic nitrogens is 3. The average Bonchev–Trinajstić information content (AvgIpc) is 2.85. The number of carbonyl (C=O) groups is 1. The van der Waals surface area contributed by atoms with Crippen molar-refractivity contribution in [3.05, 3.63) is 30.2 Å². The SMILES string of the molecule is O=C(O)CCc1cn[nH]c1-c1cc[nH]c1. The number of carboxylic acids is 1. The third-order valence-corrected chi connectivity index (χ3v) is 2.21. The van der Waals surface area contributed by atoms with Crippen LogP contribution in [0.3, 0.4) is 0 Å². The van der Waals surface area contributed by atoms with Crippen molar-refractivity contribution in [1.29, 1.82) is 0 Å². The molecule has 0 aromatic carbocycles. The maximum atomic E-state index is 10.5. The Hall–Kier alpha value is -2.04. The van der Waals surface area contributed by atoms with Crippen LogP contribution in [0.25, 0.3) is 11.3 Å². The standard InChI is InChI=1S/C10H11N3O2/c14-9(15)2-1-7-6-12-13-10(7)8-3-4-11-5-8/h3-6,11H,1-2H2,(H,12,13)(H,14,15). The van der Waals surface area contributed by atoms with E-state index >= 15 is 0 Å². The Morgan fingerprint density at radius 2 is 2.40 bits per heavy atom. The van der Waals surface area contributed by atoms with Crippen LogP contribution in [0.4, 0.5) is 0 Å². The molecule has 0 saturated carbocycles. The van der Waals surface area contributed by atoms with Gasteiger partial charge in [-0.25, -0.2) is 0 Å². The van der Waals surface area contributed by atoms with Crippen LogP contribution in [0.1, 0.15) is 12.0 Å². The van der Waals surface area contributed by atoms with Crippen LogP contribution in [0.5, 0.6) is 0 Å². The first-order valence-electron chi connectivity index (χ1n) is 4.64. The zero-order chi connectivity index (χ0) is 10.7. The van der Waals surface area contributed by atoms with E-state index in [9.17, 15) is 4.79 Å². The van der Waals surface area contributed by atoms with Crippen LogP contribution in [-0.2, 0) is 11.2 Å². The zero-order valence-electron chi connectivity index (χ0n) is 8.03. The lowest BCUT2D eigenvalue weighted by Gasteiger charge is -1.98. The molecular formula is C10H11N3O2. The van der Waals surface area contributed by atoms with E-state index in [2.05, 4.69) is 15.2 Å². The quantitative estimate of drug-likeness (QED) is 0.706. The van der Waals surface area contributed by atoms with Gasteiger partial charge in [-0.15, -0.1) is 0 Å². The molecule has 0 fully saturated rings. The Balaban J connectivity index is 2.19. The number of carboxylic acid groups (broad SMARTS) is 1. The van der Waals surface area contributed by atoms with Crippen molar-refractivity contribution in [1.82, 2.24) is 15.2 Å². The molecule has 2 heterocycles. The summed E-state index contributed by atoms with van der Waals surface area (Å²) in [6.07, 6.45) is 5.95. The highest BCUT2D eigenvalue weighted by Crippen LogP contribution is 2.21. The Bertz CT molecular complexity index is 445. The molecule has 0 unspecified atom stereocenters. The fourth-order valence-electron chi connectivity index (χ4n) is 1.47. The van der Waals surface area contributed by atoms with Gasteiger partial charge in [0.1, 0.15) is 0 Å². The molecule has 2 aromatic rings. The molecule has 0 atom stereocenters. The molecule has 3 N–H and O–H groups in total. The molecule has 0 aliphatic carbocycles. The van der Waals surface area contributed by atoms with Gasteiger partial charge in [-0.2, -0.15) is 5.10 Å². The predicted octanol–water partition coefficient (Wildman–Crippen LogP) is 1.42. The van der Waals surface area contributed by atoms with Crippen molar-refractivity contribution < 1.29 is 9.90 Å². The number of aryl methyl sites for hydroxylation is 1.